The number of hydrogen-bond acceptors (Lipinski definition) is 5. The van der Waals surface area contributed by atoms with Crippen molar-refractivity contribution in [1.82, 2.24) is 9.66 Å². The van der Waals surface area contributed by atoms with Crippen molar-refractivity contribution in [3.63, 3.8) is 0 Å². The van der Waals surface area contributed by atoms with Gasteiger partial charge in [0.2, 0.25) is 4.80 Å². The summed E-state index contributed by atoms with van der Waals surface area (Å²) in [5.74, 6) is 0. The van der Waals surface area contributed by atoms with Gasteiger partial charge in [0.05, 0.1) is 16.8 Å². The topological polar surface area (TPSA) is 42.5 Å². The predicted molar refractivity (Wildman–Crippen MR) is 93.6 cm³/mol. The summed E-state index contributed by atoms with van der Waals surface area (Å²) in [7, 11) is 0. The fourth-order valence-corrected chi connectivity index (χ4v) is 3.65. The molecule has 0 unspecified atom stereocenters. The average molecular weight is 328 g/mol. The Balaban J connectivity index is 2.07. The maximum absolute atomic E-state index is 4.66. The van der Waals surface area contributed by atoms with Crippen LogP contribution in [0.25, 0.3) is 10.6 Å². The largest absolute Gasteiger partial charge is 0.265 e. The van der Waals surface area contributed by atoms with E-state index in [0.29, 0.717) is 0 Å². The lowest BCUT2D eigenvalue weighted by Crippen LogP contribution is -2.14. The molecule has 0 aliphatic rings. The van der Waals surface area contributed by atoms with E-state index < -0.39 is 0 Å². The molecule has 3 rings (SSSR count). The van der Waals surface area contributed by atoms with Gasteiger partial charge >= 0.3 is 0 Å². The van der Waals surface area contributed by atoms with Crippen LogP contribution in [0.5, 0.6) is 0 Å². The highest BCUT2D eigenvalue weighted by Gasteiger charge is 2.08. The molecule has 0 atom stereocenters. The first-order valence-electron chi connectivity index (χ1n) is 6.96. The maximum atomic E-state index is 4.66. The molecule has 4 nitrogen and oxygen atoms in total. The van der Waals surface area contributed by atoms with Crippen molar-refractivity contribution >= 4 is 28.9 Å². The Hall–Kier alpha value is -2.05. The first kappa shape index (κ1) is 14.9. The molecule has 0 radical (unpaired) electrons. The SMILES string of the molecule is CC(C)N=c1scc(-c2cccs2)n1N=Cc1ccncc1. The molecule has 3 aromatic heterocycles. The van der Waals surface area contributed by atoms with Gasteiger partial charge < -0.3 is 0 Å². The number of rotatable bonds is 4. The summed E-state index contributed by atoms with van der Waals surface area (Å²) in [6.45, 7) is 4.14. The molecule has 0 saturated heterocycles. The highest BCUT2D eigenvalue weighted by Crippen LogP contribution is 2.25. The lowest BCUT2D eigenvalue weighted by Gasteiger charge is -2.01. The fraction of sp³-hybridized carbons (Fsp3) is 0.188. The third-order valence-corrected chi connectivity index (χ3v) is 4.58. The summed E-state index contributed by atoms with van der Waals surface area (Å²) < 4.78 is 1.91. The second kappa shape index (κ2) is 6.81. The second-order valence-electron chi connectivity index (χ2n) is 4.94. The Labute approximate surface area is 137 Å². The Morgan fingerprint density at radius 2 is 2.00 bits per heavy atom. The molecule has 0 aliphatic heterocycles. The van der Waals surface area contributed by atoms with E-state index in [4.69, 9.17) is 0 Å². The van der Waals surface area contributed by atoms with E-state index in [1.807, 2.05) is 29.1 Å². The number of aromatic nitrogens is 2. The summed E-state index contributed by atoms with van der Waals surface area (Å²) >= 11 is 3.32. The summed E-state index contributed by atoms with van der Waals surface area (Å²) in [6.07, 6.45) is 5.36. The van der Waals surface area contributed by atoms with Crippen LogP contribution in [0.1, 0.15) is 19.4 Å². The zero-order valence-electron chi connectivity index (χ0n) is 12.4. The van der Waals surface area contributed by atoms with E-state index in [9.17, 15) is 0 Å². The van der Waals surface area contributed by atoms with Gasteiger partial charge in [0.1, 0.15) is 0 Å². The highest BCUT2D eigenvalue weighted by molar-refractivity contribution is 7.14. The Morgan fingerprint density at radius 1 is 1.18 bits per heavy atom. The number of hydrogen-bond donors (Lipinski definition) is 0. The van der Waals surface area contributed by atoms with Gasteiger partial charge in [-0.05, 0) is 43.0 Å². The van der Waals surface area contributed by atoms with Crippen LogP contribution in [-0.2, 0) is 0 Å². The molecule has 0 spiro atoms. The molecule has 0 saturated carbocycles. The molecular weight excluding hydrogens is 312 g/mol. The molecule has 3 heterocycles. The van der Waals surface area contributed by atoms with Crippen molar-refractivity contribution in [3.05, 3.63) is 57.8 Å². The van der Waals surface area contributed by atoms with E-state index >= 15 is 0 Å². The first-order valence-corrected chi connectivity index (χ1v) is 8.72. The Bertz CT molecular complexity index is 811. The molecule has 6 heteroatoms. The molecule has 0 aromatic carbocycles. The van der Waals surface area contributed by atoms with Crippen LogP contribution in [0, 0.1) is 0 Å². The van der Waals surface area contributed by atoms with Crippen LogP contribution in [0.4, 0.5) is 0 Å². The minimum atomic E-state index is 0.234. The van der Waals surface area contributed by atoms with Gasteiger partial charge in [0, 0.05) is 23.8 Å². The lowest BCUT2D eigenvalue weighted by molar-refractivity contribution is 0.755. The molecule has 3 aromatic rings. The summed E-state index contributed by atoms with van der Waals surface area (Å²) in [4.78, 5) is 10.8. The third-order valence-electron chi connectivity index (χ3n) is 2.86. The summed E-state index contributed by atoms with van der Waals surface area (Å²) in [5.41, 5.74) is 2.09. The standard InChI is InChI=1S/C16H16N4S2/c1-12(2)19-16-20(18-10-13-5-7-17-8-6-13)14(11-22-16)15-4-3-9-21-15/h3-12H,1-2H3. The van der Waals surface area contributed by atoms with Crippen molar-refractivity contribution in [2.24, 2.45) is 10.1 Å². The normalized spacial score (nSPS) is 12.6. The van der Waals surface area contributed by atoms with Gasteiger partial charge in [-0.2, -0.15) is 5.10 Å². The van der Waals surface area contributed by atoms with E-state index in [2.05, 4.69) is 45.8 Å². The molecule has 0 aliphatic carbocycles. The monoisotopic (exact) mass is 328 g/mol. The van der Waals surface area contributed by atoms with E-state index in [0.717, 1.165) is 16.1 Å². The molecule has 0 N–H and O–H groups in total. The molecule has 0 bridgehead atoms. The third kappa shape index (κ3) is 3.40. The fourth-order valence-electron chi connectivity index (χ4n) is 1.89. The van der Waals surface area contributed by atoms with Gasteiger partial charge in [0.25, 0.3) is 0 Å². The number of thiophene rings is 1. The zero-order chi connectivity index (χ0) is 15.4. The van der Waals surface area contributed by atoms with Gasteiger partial charge in [-0.15, -0.1) is 22.7 Å². The van der Waals surface area contributed by atoms with Gasteiger partial charge in [-0.3, -0.25) is 9.98 Å². The number of thiazole rings is 1. The smallest absolute Gasteiger partial charge is 0.206 e. The molecular formula is C16H16N4S2. The van der Waals surface area contributed by atoms with Crippen molar-refractivity contribution in [2.45, 2.75) is 19.9 Å². The second-order valence-corrected chi connectivity index (χ2v) is 6.72. The van der Waals surface area contributed by atoms with Crippen LogP contribution in [0.15, 0.2) is 57.5 Å². The number of pyridine rings is 1. The lowest BCUT2D eigenvalue weighted by atomic mass is 10.3. The molecule has 112 valence electrons. The van der Waals surface area contributed by atoms with E-state index in [-0.39, 0.29) is 6.04 Å². The van der Waals surface area contributed by atoms with E-state index in [1.165, 1.54) is 4.88 Å². The van der Waals surface area contributed by atoms with Crippen LogP contribution < -0.4 is 4.80 Å². The summed E-state index contributed by atoms with van der Waals surface area (Å²) in [6, 6.07) is 8.25. The van der Waals surface area contributed by atoms with Gasteiger partial charge in [-0.25, -0.2) is 4.68 Å². The number of nitrogens with zero attached hydrogens (tertiary/aromatic N) is 4. The minimum Gasteiger partial charge on any atom is -0.265 e. The zero-order valence-corrected chi connectivity index (χ0v) is 14.0. The van der Waals surface area contributed by atoms with Crippen molar-refractivity contribution < 1.29 is 0 Å². The van der Waals surface area contributed by atoms with Crippen LogP contribution >= 0.6 is 22.7 Å². The van der Waals surface area contributed by atoms with E-state index in [1.54, 1.807) is 35.1 Å². The van der Waals surface area contributed by atoms with Crippen LogP contribution in [0.3, 0.4) is 0 Å². The van der Waals surface area contributed by atoms with Gasteiger partial charge in [-0.1, -0.05) is 6.07 Å². The molecule has 22 heavy (non-hydrogen) atoms. The minimum absolute atomic E-state index is 0.234. The van der Waals surface area contributed by atoms with Crippen molar-refractivity contribution in [1.29, 1.82) is 0 Å². The predicted octanol–water partition coefficient (Wildman–Crippen LogP) is 3.86. The van der Waals surface area contributed by atoms with Gasteiger partial charge in [0.15, 0.2) is 0 Å². The van der Waals surface area contributed by atoms with Crippen molar-refractivity contribution in [2.75, 3.05) is 0 Å². The average Bonchev–Trinajstić information content (AvgIpc) is 3.15. The quantitative estimate of drug-likeness (QED) is 0.671. The van der Waals surface area contributed by atoms with Crippen LogP contribution in [0.2, 0.25) is 0 Å². The van der Waals surface area contributed by atoms with Crippen molar-refractivity contribution in [3.8, 4) is 10.6 Å². The first-order chi connectivity index (χ1) is 10.7. The molecule has 0 amide bonds. The van der Waals surface area contributed by atoms with Crippen LogP contribution in [-0.4, -0.2) is 21.9 Å². The maximum Gasteiger partial charge on any atom is 0.206 e. The molecule has 0 fully saturated rings. The highest BCUT2D eigenvalue weighted by atomic mass is 32.1. The summed E-state index contributed by atoms with van der Waals surface area (Å²) in [5, 5.41) is 8.81. The Kier molecular flexibility index (Phi) is 4.60. The Morgan fingerprint density at radius 3 is 2.68 bits per heavy atom.